The summed E-state index contributed by atoms with van der Waals surface area (Å²) in [5, 5.41) is 10.2. The maximum atomic E-state index is 10.7. The van der Waals surface area contributed by atoms with Crippen LogP contribution in [0.5, 0.6) is 11.5 Å². The average Bonchev–Trinajstić information content (AvgIpc) is 3.06. The maximum Gasteiger partial charge on any atom is 0.185 e. The third kappa shape index (κ3) is 3.44. The molecule has 0 aliphatic rings. The van der Waals surface area contributed by atoms with Gasteiger partial charge in [-0.2, -0.15) is 0 Å². The molecular formula is C18H13ClO4. The summed E-state index contributed by atoms with van der Waals surface area (Å²) in [6.45, 7) is -0.183. The minimum atomic E-state index is -0.183. The van der Waals surface area contributed by atoms with E-state index in [1.54, 1.807) is 54.6 Å². The van der Waals surface area contributed by atoms with E-state index in [-0.39, 0.29) is 12.4 Å². The van der Waals surface area contributed by atoms with Crippen LogP contribution in [0.15, 0.2) is 59.0 Å². The number of aliphatic hydroxyl groups is 1. The molecule has 0 bridgehead atoms. The van der Waals surface area contributed by atoms with Crippen molar-refractivity contribution in [1.29, 1.82) is 0 Å². The Kier molecular flexibility index (Phi) is 4.46. The van der Waals surface area contributed by atoms with E-state index < -0.39 is 0 Å². The summed E-state index contributed by atoms with van der Waals surface area (Å²) in [4.78, 5) is 10.7. The number of hydrogen-bond acceptors (Lipinski definition) is 4. The number of halogens is 1. The molecule has 0 radical (unpaired) electrons. The Balaban J connectivity index is 1.90. The highest BCUT2D eigenvalue weighted by atomic mass is 35.5. The first kappa shape index (κ1) is 15.3. The zero-order valence-corrected chi connectivity index (χ0v) is 12.8. The first-order chi connectivity index (χ1) is 11.2. The molecule has 5 heteroatoms. The molecule has 2 aromatic carbocycles. The van der Waals surface area contributed by atoms with Crippen LogP contribution in [0.25, 0.3) is 11.3 Å². The van der Waals surface area contributed by atoms with E-state index in [4.69, 9.17) is 20.8 Å². The molecule has 0 saturated carbocycles. The van der Waals surface area contributed by atoms with Crippen LogP contribution in [0.1, 0.15) is 16.1 Å². The highest BCUT2D eigenvalue weighted by molar-refractivity contribution is 6.30. The number of ether oxygens (including phenoxy) is 1. The third-order valence-corrected chi connectivity index (χ3v) is 3.55. The lowest BCUT2D eigenvalue weighted by molar-refractivity contribution is 0.110. The summed E-state index contributed by atoms with van der Waals surface area (Å²) in [6, 6.07) is 15.6. The quantitative estimate of drug-likeness (QED) is 0.690. The SMILES string of the molecule is O=Cc1ccc(-c2ccc(Oc3ccc(Cl)cc3)c(CO)c2)o1. The van der Waals surface area contributed by atoms with Crippen molar-refractivity contribution in [3.63, 3.8) is 0 Å². The number of aliphatic hydroxyl groups excluding tert-OH is 1. The number of benzene rings is 2. The van der Waals surface area contributed by atoms with Crippen LogP contribution in [0, 0.1) is 0 Å². The summed E-state index contributed by atoms with van der Waals surface area (Å²) in [7, 11) is 0. The fourth-order valence-electron chi connectivity index (χ4n) is 2.16. The van der Waals surface area contributed by atoms with Gasteiger partial charge in [0.2, 0.25) is 0 Å². The first-order valence-electron chi connectivity index (χ1n) is 6.92. The zero-order chi connectivity index (χ0) is 16.2. The molecule has 0 unspecified atom stereocenters. The van der Waals surface area contributed by atoms with Gasteiger partial charge in [0, 0.05) is 16.1 Å². The van der Waals surface area contributed by atoms with Gasteiger partial charge in [-0.25, -0.2) is 0 Å². The van der Waals surface area contributed by atoms with Crippen molar-refractivity contribution in [3.05, 3.63) is 70.9 Å². The van der Waals surface area contributed by atoms with Gasteiger partial charge >= 0.3 is 0 Å². The molecule has 116 valence electrons. The second-order valence-corrected chi connectivity index (χ2v) is 5.29. The lowest BCUT2D eigenvalue weighted by atomic mass is 10.1. The monoisotopic (exact) mass is 328 g/mol. The Hall–Kier alpha value is -2.56. The van der Waals surface area contributed by atoms with Gasteiger partial charge < -0.3 is 14.3 Å². The molecule has 1 heterocycles. The van der Waals surface area contributed by atoms with E-state index in [1.165, 1.54) is 0 Å². The summed E-state index contributed by atoms with van der Waals surface area (Å²) < 4.78 is 11.2. The zero-order valence-electron chi connectivity index (χ0n) is 12.0. The van der Waals surface area contributed by atoms with Crippen LogP contribution in [-0.2, 0) is 6.61 Å². The topological polar surface area (TPSA) is 59.7 Å². The molecule has 0 spiro atoms. The van der Waals surface area contributed by atoms with Crippen molar-refractivity contribution in [3.8, 4) is 22.8 Å². The summed E-state index contributed by atoms with van der Waals surface area (Å²) in [5.41, 5.74) is 1.37. The van der Waals surface area contributed by atoms with E-state index in [2.05, 4.69) is 0 Å². The Bertz CT molecular complexity index is 821. The largest absolute Gasteiger partial charge is 0.457 e. The number of hydrogen-bond donors (Lipinski definition) is 1. The summed E-state index contributed by atoms with van der Waals surface area (Å²) in [5.74, 6) is 1.98. The Morgan fingerprint density at radius 2 is 1.87 bits per heavy atom. The predicted octanol–water partition coefficient (Wildman–Crippen LogP) is 4.70. The molecule has 1 N–H and O–H groups in total. The van der Waals surface area contributed by atoms with Crippen LogP contribution in [-0.4, -0.2) is 11.4 Å². The van der Waals surface area contributed by atoms with E-state index in [0.29, 0.717) is 34.1 Å². The highest BCUT2D eigenvalue weighted by Crippen LogP contribution is 2.31. The van der Waals surface area contributed by atoms with Crippen molar-refractivity contribution in [2.75, 3.05) is 0 Å². The smallest absolute Gasteiger partial charge is 0.185 e. The molecule has 0 aliphatic carbocycles. The van der Waals surface area contributed by atoms with Gasteiger partial charge in [-0.3, -0.25) is 4.79 Å². The fraction of sp³-hybridized carbons (Fsp3) is 0.0556. The lowest BCUT2D eigenvalue weighted by Gasteiger charge is -2.11. The van der Waals surface area contributed by atoms with Gasteiger partial charge in [-0.1, -0.05) is 11.6 Å². The minimum Gasteiger partial charge on any atom is -0.457 e. The molecule has 0 saturated heterocycles. The van der Waals surface area contributed by atoms with Gasteiger partial charge in [-0.05, 0) is 54.6 Å². The van der Waals surface area contributed by atoms with Crippen molar-refractivity contribution in [1.82, 2.24) is 0 Å². The number of carbonyl (C=O) groups is 1. The van der Waals surface area contributed by atoms with Crippen molar-refractivity contribution in [2.24, 2.45) is 0 Å². The van der Waals surface area contributed by atoms with Crippen molar-refractivity contribution >= 4 is 17.9 Å². The van der Waals surface area contributed by atoms with E-state index in [9.17, 15) is 9.90 Å². The highest BCUT2D eigenvalue weighted by Gasteiger charge is 2.10. The second kappa shape index (κ2) is 6.69. The molecule has 4 nitrogen and oxygen atoms in total. The fourth-order valence-corrected chi connectivity index (χ4v) is 2.28. The molecule has 23 heavy (non-hydrogen) atoms. The van der Waals surface area contributed by atoms with E-state index >= 15 is 0 Å². The summed E-state index contributed by atoms with van der Waals surface area (Å²) >= 11 is 5.84. The maximum absolute atomic E-state index is 10.7. The van der Waals surface area contributed by atoms with Crippen LogP contribution in [0.4, 0.5) is 0 Å². The third-order valence-electron chi connectivity index (χ3n) is 3.30. The first-order valence-corrected chi connectivity index (χ1v) is 7.30. The average molecular weight is 329 g/mol. The van der Waals surface area contributed by atoms with Crippen molar-refractivity contribution < 1.29 is 19.1 Å². The number of rotatable bonds is 5. The molecule has 0 fully saturated rings. The number of carbonyl (C=O) groups excluding carboxylic acids is 1. The standard InChI is InChI=1S/C18H13ClO4/c19-14-2-4-15(5-3-14)22-18-7-1-12(9-13(18)10-20)17-8-6-16(11-21)23-17/h1-9,11,20H,10H2. The summed E-state index contributed by atoms with van der Waals surface area (Å²) in [6.07, 6.45) is 0.647. The van der Waals surface area contributed by atoms with Gasteiger partial charge in [0.1, 0.15) is 17.3 Å². The van der Waals surface area contributed by atoms with Crippen molar-refractivity contribution in [2.45, 2.75) is 6.61 Å². The normalized spacial score (nSPS) is 10.5. The number of aldehydes is 1. The molecule has 0 atom stereocenters. The van der Waals surface area contributed by atoms with Crippen LogP contribution in [0.2, 0.25) is 5.02 Å². The van der Waals surface area contributed by atoms with Gasteiger partial charge in [0.05, 0.1) is 6.61 Å². The Labute approximate surface area is 137 Å². The molecule has 1 aromatic heterocycles. The molecule has 3 rings (SSSR count). The molecule has 0 aliphatic heterocycles. The van der Waals surface area contributed by atoms with Crippen LogP contribution < -0.4 is 4.74 Å². The Morgan fingerprint density at radius 1 is 1.09 bits per heavy atom. The van der Waals surface area contributed by atoms with Crippen LogP contribution >= 0.6 is 11.6 Å². The number of furan rings is 1. The minimum absolute atomic E-state index is 0.183. The van der Waals surface area contributed by atoms with Gasteiger partial charge in [0.25, 0.3) is 0 Å². The van der Waals surface area contributed by atoms with E-state index in [0.717, 1.165) is 5.56 Å². The second-order valence-electron chi connectivity index (χ2n) is 4.86. The van der Waals surface area contributed by atoms with E-state index in [1.807, 2.05) is 0 Å². The molecular weight excluding hydrogens is 316 g/mol. The molecule has 0 amide bonds. The predicted molar refractivity (Wildman–Crippen MR) is 87.0 cm³/mol. The molecule has 3 aromatic rings. The van der Waals surface area contributed by atoms with Gasteiger partial charge in [-0.15, -0.1) is 0 Å². The van der Waals surface area contributed by atoms with Crippen LogP contribution in [0.3, 0.4) is 0 Å². The Morgan fingerprint density at radius 3 is 2.52 bits per heavy atom. The van der Waals surface area contributed by atoms with Gasteiger partial charge in [0.15, 0.2) is 12.0 Å². The lowest BCUT2D eigenvalue weighted by Crippen LogP contribution is -1.92.